The number of rotatable bonds is 16. The van der Waals surface area contributed by atoms with Crippen LogP contribution >= 0.6 is 0 Å². The summed E-state index contributed by atoms with van der Waals surface area (Å²) in [7, 11) is -3.55. The Bertz CT molecular complexity index is 1100. The number of hydrogen-bond donors (Lipinski definition) is 1. The van der Waals surface area contributed by atoms with Crippen LogP contribution in [0, 0.1) is 5.92 Å². The molecule has 0 spiro atoms. The summed E-state index contributed by atoms with van der Waals surface area (Å²) < 4.78 is 31.8. The Morgan fingerprint density at radius 1 is 0.974 bits per heavy atom. The minimum absolute atomic E-state index is 0.131. The van der Waals surface area contributed by atoms with Crippen LogP contribution in [0.2, 0.25) is 0 Å². The van der Waals surface area contributed by atoms with Crippen molar-refractivity contribution >= 4 is 27.5 Å². The van der Waals surface area contributed by atoms with Gasteiger partial charge in [-0.1, -0.05) is 51.1 Å². The van der Waals surface area contributed by atoms with Gasteiger partial charge >= 0.3 is 0 Å². The highest BCUT2D eigenvalue weighted by molar-refractivity contribution is 7.92. The number of carbonyl (C=O) groups is 2. The molecule has 2 amide bonds. The summed E-state index contributed by atoms with van der Waals surface area (Å²) in [6.07, 6.45) is 2.73. The van der Waals surface area contributed by atoms with E-state index in [9.17, 15) is 18.0 Å². The van der Waals surface area contributed by atoms with Gasteiger partial charge in [-0.15, -0.1) is 0 Å². The lowest BCUT2D eigenvalue weighted by molar-refractivity contribution is -0.140. The first-order chi connectivity index (χ1) is 18.1. The van der Waals surface area contributed by atoms with Crippen LogP contribution in [0.1, 0.15) is 52.5 Å². The Morgan fingerprint density at radius 3 is 2.18 bits per heavy atom. The highest BCUT2D eigenvalue weighted by atomic mass is 32.2. The number of sulfonamides is 1. The Hall–Kier alpha value is -3.07. The third-order valence-electron chi connectivity index (χ3n) is 6.14. The topological polar surface area (TPSA) is 96.0 Å². The highest BCUT2D eigenvalue weighted by Crippen LogP contribution is 2.22. The molecule has 0 aliphatic rings. The number of anilines is 1. The van der Waals surface area contributed by atoms with Crippen LogP contribution < -0.4 is 14.4 Å². The summed E-state index contributed by atoms with van der Waals surface area (Å²) in [4.78, 5) is 28.1. The molecule has 2 aromatic carbocycles. The minimum atomic E-state index is -3.55. The first-order valence-electron chi connectivity index (χ1n) is 13.4. The highest BCUT2D eigenvalue weighted by Gasteiger charge is 2.28. The zero-order chi connectivity index (χ0) is 28.1. The number of amides is 2. The molecule has 0 fully saturated rings. The SMILES string of the molecule is CCOc1ccc(N(CCCC(=O)N(CCc2ccccc2)C(CC)C(=O)NCC(C)C)S(C)(=O)=O)cc1. The average Bonchev–Trinajstić information content (AvgIpc) is 2.88. The minimum Gasteiger partial charge on any atom is -0.494 e. The molecule has 9 heteroatoms. The molecule has 0 saturated heterocycles. The van der Waals surface area contributed by atoms with Crippen molar-refractivity contribution in [3.8, 4) is 5.75 Å². The quantitative estimate of drug-likeness (QED) is 0.340. The summed E-state index contributed by atoms with van der Waals surface area (Å²) in [5.74, 6) is 0.646. The zero-order valence-electron chi connectivity index (χ0n) is 23.4. The first kappa shape index (κ1) is 31.1. The van der Waals surface area contributed by atoms with E-state index >= 15 is 0 Å². The Balaban J connectivity index is 2.14. The van der Waals surface area contributed by atoms with Crippen molar-refractivity contribution in [2.45, 2.75) is 59.4 Å². The molecule has 0 aromatic heterocycles. The predicted molar refractivity (Wildman–Crippen MR) is 153 cm³/mol. The van der Waals surface area contributed by atoms with Crippen LogP contribution in [0.25, 0.3) is 0 Å². The van der Waals surface area contributed by atoms with E-state index in [0.29, 0.717) is 56.3 Å². The number of hydrogen-bond acceptors (Lipinski definition) is 5. The predicted octanol–water partition coefficient (Wildman–Crippen LogP) is 4.25. The van der Waals surface area contributed by atoms with Crippen LogP contribution in [-0.4, -0.2) is 63.7 Å². The lowest BCUT2D eigenvalue weighted by Crippen LogP contribution is -2.50. The van der Waals surface area contributed by atoms with E-state index in [1.54, 1.807) is 29.2 Å². The number of benzene rings is 2. The molecule has 0 bridgehead atoms. The fourth-order valence-electron chi connectivity index (χ4n) is 4.20. The average molecular weight is 546 g/mol. The maximum atomic E-state index is 13.5. The van der Waals surface area contributed by atoms with Gasteiger partial charge < -0.3 is 15.0 Å². The molecule has 8 nitrogen and oxygen atoms in total. The van der Waals surface area contributed by atoms with Gasteiger partial charge in [0.15, 0.2) is 0 Å². The zero-order valence-corrected chi connectivity index (χ0v) is 24.2. The summed E-state index contributed by atoms with van der Waals surface area (Å²) in [5, 5.41) is 2.97. The van der Waals surface area contributed by atoms with E-state index in [1.165, 1.54) is 4.31 Å². The molecule has 0 aliphatic heterocycles. The molecule has 0 saturated carbocycles. The summed E-state index contributed by atoms with van der Waals surface area (Å²) in [6.45, 7) is 9.46. The monoisotopic (exact) mass is 545 g/mol. The smallest absolute Gasteiger partial charge is 0.242 e. The van der Waals surface area contributed by atoms with E-state index in [1.807, 2.05) is 58.0 Å². The van der Waals surface area contributed by atoms with Gasteiger partial charge in [-0.25, -0.2) is 8.42 Å². The first-order valence-corrected chi connectivity index (χ1v) is 15.2. The van der Waals surface area contributed by atoms with Gasteiger partial charge in [0.05, 0.1) is 18.6 Å². The van der Waals surface area contributed by atoms with Gasteiger partial charge in [0.1, 0.15) is 11.8 Å². The molecule has 0 aliphatic carbocycles. The van der Waals surface area contributed by atoms with Crippen molar-refractivity contribution in [1.82, 2.24) is 10.2 Å². The van der Waals surface area contributed by atoms with Crippen LogP contribution in [0.5, 0.6) is 5.75 Å². The van der Waals surface area contributed by atoms with Crippen molar-refractivity contribution in [2.75, 3.05) is 36.8 Å². The lowest BCUT2D eigenvalue weighted by atomic mass is 10.1. The molecule has 1 N–H and O–H groups in total. The summed E-state index contributed by atoms with van der Waals surface area (Å²) in [5.41, 5.74) is 1.60. The van der Waals surface area contributed by atoms with Crippen LogP contribution in [-0.2, 0) is 26.0 Å². The maximum Gasteiger partial charge on any atom is 0.242 e. The van der Waals surface area contributed by atoms with Gasteiger partial charge in [0.2, 0.25) is 21.8 Å². The number of ether oxygens (including phenoxy) is 1. The van der Waals surface area contributed by atoms with E-state index in [4.69, 9.17) is 4.74 Å². The standard InChI is InChI=1S/C29H43N3O5S/c1-6-27(29(34)30-22-23(3)4)31(21-19-24-12-9-8-10-13-24)28(33)14-11-20-32(38(5,35)36)25-15-17-26(18-16-25)37-7-2/h8-10,12-13,15-18,23,27H,6-7,11,14,19-22H2,1-5H3,(H,30,34). The Morgan fingerprint density at radius 2 is 1.63 bits per heavy atom. The van der Waals surface area contributed by atoms with Gasteiger partial charge in [-0.3, -0.25) is 13.9 Å². The summed E-state index contributed by atoms with van der Waals surface area (Å²) in [6, 6.07) is 16.1. The second kappa shape index (κ2) is 15.4. The van der Waals surface area contributed by atoms with Crippen molar-refractivity contribution in [2.24, 2.45) is 5.92 Å². The molecular formula is C29H43N3O5S. The normalized spacial score (nSPS) is 12.2. The molecule has 1 atom stereocenters. The van der Waals surface area contributed by atoms with Gasteiger partial charge in [0.25, 0.3) is 0 Å². The third kappa shape index (κ3) is 10.0. The number of carbonyl (C=O) groups excluding carboxylic acids is 2. The Labute approximate surface area is 228 Å². The fourth-order valence-corrected chi connectivity index (χ4v) is 5.16. The Kier molecular flexibility index (Phi) is 12.6. The van der Waals surface area contributed by atoms with Gasteiger partial charge in [0, 0.05) is 26.1 Å². The number of nitrogens with zero attached hydrogens (tertiary/aromatic N) is 2. The number of nitrogens with one attached hydrogen (secondary N) is 1. The van der Waals surface area contributed by atoms with Crippen LogP contribution in [0.4, 0.5) is 5.69 Å². The van der Waals surface area contributed by atoms with Crippen molar-refractivity contribution in [1.29, 1.82) is 0 Å². The maximum absolute atomic E-state index is 13.5. The molecule has 2 rings (SSSR count). The largest absolute Gasteiger partial charge is 0.494 e. The second-order valence-electron chi connectivity index (χ2n) is 9.75. The van der Waals surface area contributed by atoms with Gasteiger partial charge in [-0.05, 0) is 61.9 Å². The second-order valence-corrected chi connectivity index (χ2v) is 11.7. The van der Waals surface area contributed by atoms with Crippen molar-refractivity contribution < 1.29 is 22.7 Å². The molecule has 1 unspecified atom stereocenters. The van der Waals surface area contributed by atoms with Crippen LogP contribution in [0.3, 0.4) is 0 Å². The molecule has 38 heavy (non-hydrogen) atoms. The molecule has 210 valence electrons. The molecule has 0 radical (unpaired) electrons. The fraction of sp³-hybridized carbons (Fsp3) is 0.517. The summed E-state index contributed by atoms with van der Waals surface area (Å²) >= 11 is 0. The molecule has 0 heterocycles. The molecular weight excluding hydrogens is 502 g/mol. The van der Waals surface area contributed by atoms with E-state index in [2.05, 4.69) is 5.32 Å². The van der Waals surface area contributed by atoms with E-state index < -0.39 is 16.1 Å². The van der Waals surface area contributed by atoms with Crippen molar-refractivity contribution in [3.63, 3.8) is 0 Å². The van der Waals surface area contributed by atoms with Crippen LogP contribution in [0.15, 0.2) is 54.6 Å². The van der Waals surface area contributed by atoms with E-state index in [0.717, 1.165) is 11.8 Å². The molecule has 2 aromatic rings. The van der Waals surface area contributed by atoms with Crippen molar-refractivity contribution in [3.05, 3.63) is 60.2 Å². The third-order valence-corrected chi connectivity index (χ3v) is 7.34. The van der Waals surface area contributed by atoms with E-state index in [-0.39, 0.29) is 24.8 Å². The van der Waals surface area contributed by atoms with Gasteiger partial charge in [-0.2, -0.15) is 0 Å². The lowest BCUT2D eigenvalue weighted by Gasteiger charge is -2.31.